The number of carbonyl (C=O) groups excluding carboxylic acids is 1. The summed E-state index contributed by atoms with van der Waals surface area (Å²) >= 11 is 3.26. The zero-order valence-corrected chi connectivity index (χ0v) is 12.8. The molecule has 0 aromatic heterocycles. The molecular formula is C14H17BrFNO2. The van der Waals surface area contributed by atoms with Gasteiger partial charge in [-0.1, -0.05) is 15.9 Å². The van der Waals surface area contributed by atoms with Gasteiger partial charge in [-0.15, -0.1) is 0 Å². The second-order valence-corrected chi connectivity index (χ2v) is 6.78. The highest BCUT2D eigenvalue weighted by atomic mass is 79.9. The van der Waals surface area contributed by atoms with Gasteiger partial charge in [-0.05, 0) is 57.4 Å². The Morgan fingerprint density at radius 3 is 2.47 bits per heavy atom. The van der Waals surface area contributed by atoms with Crippen LogP contribution in [0.3, 0.4) is 0 Å². The van der Waals surface area contributed by atoms with Gasteiger partial charge in [-0.2, -0.15) is 0 Å². The van der Waals surface area contributed by atoms with E-state index in [1.165, 1.54) is 12.1 Å². The summed E-state index contributed by atoms with van der Waals surface area (Å²) in [5, 5.41) is 2.85. The van der Waals surface area contributed by atoms with Crippen LogP contribution in [0.25, 0.3) is 0 Å². The topological polar surface area (TPSA) is 38.3 Å². The maximum atomic E-state index is 13.4. The average molecular weight is 330 g/mol. The van der Waals surface area contributed by atoms with E-state index in [9.17, 15) is 9.18 Å². The minimum Gasteiger partial charge on any atom is -0.444 e. The van der Waals surface area contributed by atoms with Crippen LogP contribution in [-0.4, -0.2) is 11.7 Å². The molecule has 1 aromatic rings. The second kappa shape index (κ2) is 4.78. The minimum absolute atomic E-state index is 0.318. The van der Waals surface area contributed by atoms with Crippen LogP contribution in [0, 0.1) is 5.82 Å². The lowest BCUT2D eigenvalue weighted by Gasteiger charge is -2.23. The van der Waals surface area contributed by atoms with E-state index in [0.717, 1.165) is 18.4 Å². The van der Waals surface area contributed by atoms with Gasteiger partial charge in [0, 0.05) is 4.47 Å². The SMILES string of the molecule is CC(C)(C)OC(=O)NC1(c2cc(F)cc(Br)c2)CC1. The van der Waals surface area contributed by atoms with Gasteiger partial charge in [-0.25, -0.2) is 9.18 Å². The van der Waals surface area contributed by atoms with E-state index < -0.39 is 17.2 Å². The molecule has 1 N–H and O–H groups in total. The summed E-state index contributed by atoms with van der Waals surface area (Å²) in [6.45, 7) is 5.43. The number of hydrogen-bond donors (Lipinski definition) is 1. The van der Waals surface area contributed by atoms with Crippen LogP contribution in [0.2, 0.25) is 0 Å². The van der Waals surface area contributed by atoms with Crippen LogP contribution in [0.15, 0.2) is 22.7 Å². The Bertz CT molecular complexity index is 486. The highest BCUT2D eigenvalue weighted by Crippen LogP contribution is 2.46. The van der Waals surface area contributed by atoms with Gasteiger partial charge in [0.1, 0.15) is 11.4 Å². The molecule has 1 amide bonds. The maximum Gasteiger partial charge on any atom is 0.408 e. The van der Waals surface area contributed by atoms with Crippen LogP contribution in [0.4, 0.5) is 9.18 Å². The van der Waals surface area contributed by atoms with Gasteiger partial charge < -0.3 is 10.1 Å². The van der Waals surface area contributed by atoms with Gasteiger partial charge in [-0.3, -0.25) is 0 Å². The fourth-order valence-corrected chi connectivity index (χ4v) is 2.41. The van der Waals surface area contributed by atoms with Crippen molar-refractivity contribution >= 4 is 22.0 Å². The molecule has 1 aromatic carbocycles. The first-order valence-electron chi connectivity index (χ1n) is 6.18. The molecule has 5 heteroatoms. The van der Waals surface area contributed by atoms with Gasteiger partial charge >= 0.3 is 6.09 Å². The van der Waals surface area contributed by atoms with E-state index in [1.807, 2.05) is 26.8 Å². The fourth-order valence-electron chi connectivity index (χ4n) is 1.94. The fraction of sp³-hybridized carbons (Fsp3) is 0.500. The second-order valence-electron chi connectivity index (χ2n) is 5.87. The molecule has 1 fully saturated rings. The Hall–Kier alpha value is -1.10. The first-order chi connectivity index (χ1) is 8.70. The third-order valence-electron chi connectivity index (χ3n) is 2.91. The predicted octanol–water partition coefficient (Wildman–Crippen LogP) is 4.10. The molecule has 0 radical (unpaired) electrons. The lowest BCUT2D eigenvalue weighted by atomic mass is 10.1. The first kappa shape index (κ1) is 14.3. The van der Waals surface area contributed by atoms with Crippen molar-refractivity contribution in [3.8, 4) is 0 Å². The number of hydrogen-bond acceptors (Lipinski definition) is 2. The number of halogens is 2. The number of nitrogens with one attached hydrogen (secondary N) is 1. The number of amides is 1. The molecule has 0 aliphatic heterocycles. The van der Waals surface area contributed by atoms with Crippen molar-refractivity contribution in [1.29, 1.82) is 0 Å². The van der Waals surface area contributed by atoms with Crippen molar-refractivity contribution in [2.75, 3.05) is 0 Å². The monoisotopic (exact) mass is 329 g/mol. The first-order valence-corrected chi connectivity index (χ1v) is 6.97. The highest BCUT2D eigenvalue weighted by Gasteiger charge is 2.46. The van der Waals surface area contributed by atoms with Crippen molar-refractivity contribution < 1.29 is 13.9 Å². The van der Waals surface area contributed by atoms with Crippen LogP contribution in [0.1, 0.15) is 39.2 Å². The zero-order chi connectivity index (χ0) is 14.3. The van der Waals surface area contributed by atoms with E-state index in [0.29, 0.717) is 4.47 Å². The van der Waals surface area contributed by atoms with Crippen molar-refractivity contribution in [2.24, 2.45) is 0 Å². The van der Waals surface area contributed by atoms with Gasteiger partial charge in [0.2, 0.25) is 0 Å². The normalized spacial score (nSPS) is 16.9. The smallest absolute Gasteiger partial charge is 0.408 e. The molecule has 1 saturated carbocycles. The van der Waals surface area contributed by atoms with E-state index in [1.54, 1.807) is 0 Å². The molecule has 0 spiro atoms. The lowest BCUT2D eigenvalue weighted by molar-refractivity contribution is 0.0495. The Morgan fingerprint density at radius 1 is 1.37 bits per heavy atom. The molecule has 0 bridgehead atoms. The average Bonchev–Trinajstić information content (AvgIpc) is 2.93. The molecule has 0 heterocycles. The van der Waals surface area contributed by atoms with Crippen LogP contribution >= 0.6 is 15.9 Å². The summed E-state index contributed by atoms with van der Waals surface area (Å²) in [5.41, 5.74) is -0.249. The third kappa shape index (κ3) is 3.69. The molecular weight excluding hydrogens is 313 g/mol. The lowest BCUT2D eigenvalue weighted by Crippen LogP contribution is -2.39. The molecule has 0 unspecified atom stereocenters. The van der Waals surface area contributed by atoms with Crippen LogP contribution in [0.5, 0.6) is 0 Å². The number of alkyl carbamates (subject to hydrolysis) is 1. The molecule has 104 valence electrons. The Morgan fingerprint density at radius 2 is 2.00 bits per heavy atom. The Labute approximate surface area is 120 Å². The largest absolute Gasteiger partial charge is 0.444 e. The summed E-state index contributed by atoms with van der Waals surface area (Å²) in [4.78, 5) is 11.8. The molecule has 1 aliphatic rings. The van der Waals surface area contributed by atoms with E-state index in [2.05, 4.69) is 21.2 Å². The molecule has 0 atom stereocenters. The number of carbonyl (C=O) groups is 1. The Kier molecular flexibility index (Phi) is 3.60. The van der Waals surface area contributed by atoms with Crippen LogP contribution in [-0.2, 0) is 10.3 Å². The molecule has 3 nitrogen and oxygen atoms in total. The highest BCUT2D eigenvalue weighted by molar-refractivity contribution is 9.10. The van der Waals surface area contributed by atoms with Gasteiger partial charge in [0.05, 0.1) is 5.54 Å². The molecule has 2 rings (SSSR count). The summed E-state index contributed by atoms with van der Waals surface area (Å²) < 4.78 is 19.3. The van der Waals surface area contributed by atoms with Gasteiger partial charge in [0.15, 0.2) is 0 Å². The quantitative estimate of drug-likeness (QED) is 0.886. The molecule has 19 heavy (non-hydrogen) atoms. The standard InChI is InChI=1S/C14H17BrFNO2/c1-13(2,3)19-12(18)17-14(4-5-14)9-6-10(15)8-11(16)7-9/h6-8H,4-5H2,1-3H3,(H,17,18). The van der Waals surface area contributed by atoms with E-state index in [4.69, 9.17) is 4.74 Å². The Balaban J connectivity index is 2.13. The van der Waals surface area contributed by atoms with Crippen molar-refractivity contribution in [1.82, 2.24) is 5.32 Å². The summed E-state index contributed by atoms with van der Waals surface area (Å²) in [6.07, 6.45) is 1.12. The van der Waals surface area contributed by atoms with E-state index >= 15 is 0 Å². The van der Waals surface area contributed by atoms with Crippen molar-refractivity contribution in [3.05, 3.63) is 34.1 Å². The number of ether oxygens (including phenoxy) is 1. The molecule has 0 saturated heterocycles. The van der Waals surface area contributed by atoms with Crippen LogP contribution < -0.4 is 5.32 Å². The summed E-state index contributed by atoms with van der Waals surface area (Å²) in [7, 11) is 0. The van der Waals surface area contributed by atoms with Crippen molar-refractivity contribution in [3.63, 3.8) is 0 Å². The zero-order valence-electron chi connectivity index (χ0n) is 11.2. The predicted molar refractivity (Wildman–Crippen MR) is 74.4 cm³/mol. The molecule has 1 aliphatic carbocycles. The number of rotatable bonds is 2. The number of benzene rings is 1. The minimum atomic E-state index is -0.539. The van der Waals surface area contributed by atoms with E-state index in [-0.39, 0.29) is 5.82 Å². The third-order valence-corrected chi connectivity index (χ3v) is 3.36. The maximum absolute atomic E-state index is 13.4. The summed E-state index contributed by atoms with van der Waals surface area (Å²) in [6, 6.07) is 4.68. The van der Waals surface area contributed by atoms with Gasteiger partial charge in [0.25, 0.3) is 0 Å². The summed E-state index contributed by atoms with van der Waals surface area (Å²) in [5.74, 6) is -0.318. The van der Waals surface area contributed by atoms with Crippen molar-refractivity contribution in [2.45, 2.75) is 44.8 Å².